The van der Waals surface area contributed by atoms with Gasteiger partial charge in [-0.15, -0.1) is 0 Å². The normalized spacial score (nSPS) is 11.0. The van der Waals surface area contributed by atoms with Crippen LogP contribution in [0, 0.1) is 15.2 Å². The van der Waals surface area contributed by atoms with Crippen LogP contribution in [0.4, 0.5) is 0 Å². The summed E-state index contributed by atoms with van der Waals surface area (Å²) in [5.74, 6) is 0. The lowest BCUT2D eigenvalue weighted by molar-refractivity contribution is 0.157. The SMILES string of the molecule is CC(CO)(CN=O)CN=O. The number of rotatable bonds is 5. The Morgan fingerprint density at radius 3 is 1.90 bits per heavy atom. The summed E-state index contributed by atoms with van der Waals surface area (Å²) in [7, 11) is 0. The molecule has 0 spiro atoms. The minimum Gasteiger partial charge on any atom is -0.396 e. The fraction of sp³-hybridized carbons (Fsp3) is 1.00. The molecule has 0 saturated carbocycles. The van der Waals surface area contributed by atoms with Gasteiger partial charge in [0.1, 0.15) is 0 Å². The first-order valence-corrected chi connectivity index (χ1v) is 2.87. The third kappa shape index (κ3) is 2.63. The summed E-state index contributed by atoms with van der Waals surface area (Å²) in [4.78, 5) is 19.5. The molecular weight excluding hydrogens is 136 g/mol. The second-order valence-electron chi connectivity index (χ2n) is 2.54. The first-order chi connectivity index (χ1) is 4.68. The van der Waals surface area contributed by atoms with Crippen molar-refractivity contribution < 1.29 is 5.11 Å². The summed E-state index contributed by atoms with van der Waals surface area (Å²) in [5.41, 5.74) is -0.760. The number of nitroso groups, excluding NO2 is 2. The van der Waals surface area contributed by atoms with Gasteiger partial charge in [-0.25, -0.2) is 0 Å². The van der Waals surface area contributed by atoms with Crippen molar-refractivity contribution in [3.05, 3.63) is 9.81 Å². The van der Waals surface area contributed by atoms with Crippen molar-refractivity contribution in [3.8, 4) is 0 Å². The van der Waals surface area contributed by atoms with E-state index in [1.165, 1.54) is 0 Å². The van der Waals surface area contributed by atoms with E-state index in [2.05, 4.69) is 10.4 Å². The third-order valence-electron chi connectivity index (χ3n) is 1.27. The van der Waals surface area contributed by atoms with Gasteiger partial charge in [-0.05, 0) is 0 Å². The van der Waals surface area contributed by atoms with E-state index < -0.39 is 5.41 Å². The molecule has 5 nitrogen and oxygen atoms in total. The molecule has 10 heavy (non-hydrogen) atoms. The van der Waals surface area contributed by atoms with E-state index in [0.29, 0.717) is 0 Å². The minimum atomic E-state index is -0.760. The van der Waals surface area contributed by atoms with E-state index in [0.717, 1.165) is 0 Å². The van der Waals surface area contributed by atoms with Crippen LogP contribution in [0.1, 0.15) is 6.92 Å². The van der Waals surface area contributed by atoms with E-state index in [9.17, 15) is 9.81 Å². The molecule has 0 rings (SSSR count). The van der Waals surface area contributed by atoms with Gasteiger partial charge in [-0.2, -0.15) is 9.81 Å². The molecule has 0 aromatic carbocycles. The lowest BCUT2D eigenvalue weighted by atomic mass is 9.92. The molecule has 0 radical (unpaired) electrons. The molecule has 0 aliphatic heterocycles. The summed E-state index contributed by atoms with van der Waals surface area (Å²) in [6, 6.07) is 0. The zero-order chi connectivity index (χ0) is 8.04. The van der Waals surface area contributed by atoms with Crippen LogP contribution in [-0.4, -0.2) is 24.8 Å². The van der Waals surface area contributed by atoms with E-state index >= 15 is 0 Å². The van der Waals surface area contributed by atoms with E-state index in [4.69, 9.17) is 5.11 Å². The predicted molar refractivity (Wildman–Crippen MR) is 36.5 cm³/mol. The van der Waals surface area contributed by atoms with E-state index in [-0.39, 0.29) is 19.7 Å². The Balaban J connectivity index is 3.92. The van der Waals surface area contributed by atoms with Gasteiger partial charge < -0.3 is 5.11 Å². The van der Waals surface area contributed by atoms with Crippen LogP contribution in [-0.2, 0) is 0 Å². The number of aliphatic hydroxyl groups excluding tert-OH is 1. The highest BCUT2D eigenvalue weighted by atomic mass is 16.3. The Kier molecular flexibility index (Phi) is 3.71. The van der Waals surface area contributed by atoms with Crippen molar-refractivity contribution in [2.24, 2.45) is 15.8 Å². The van der Waals surface area contributed by atoms with Crippen LogP contribution in [0.25, 0.3) is 0 Å². The van der Waals surface area contributed by atoms with Crippen LogP contribution in [0.2, 0.25) is 0 Å². The van der Waals surface area contributed by atoms with Crippen molar-refractivity contribution in [3.63, 3.8) is 0 Å². The number of hydrogen-bond acceptors (Lipinski definition) is 5. The van der Waals surface area contributed by atoms with Gasteiger partial charge in [-0.3, -0.25) is 0 Å². The van der Waals surface area contributed by atoms with Gasteiger partial charge in [0.2, 0.25) is 0 Å². The monoisotopic (exact) mass is 146 g/mol. The molecule has 0 amide bonds. The van der Waals surface area contributed by atoms with Gasteiger partial charge in [0.15, 0.2) is 0 Å². The smallest absolute Gasteiger partial charge is 0.0905 e. The van der Waals surface area contributed by atoms with Gasteiger partial charge in [0, 0.05) is 5.41 Å². The number of hydrogen-bond donors (Lipinski definition) is 1. The highest BCUT2D eigenvalue weighted by Crippen LogP contribution is 2.15. The quantitative estimate of drug-likeness (QED) is 0.574. The maximum Gasteiger partial charge on any atom is 0.0905 e. The van der Waals surface area contributed by atoms with Crippen molar-refractivity contribution in [2.75, 3.05) is 19.7 Å². The second kappa shape index (κ2) is 4.05. The van der Waals surface area contributed by atoms with Crippen LogP contribution >= 0.6 is 0 Å². The molecule has 0 bridgehead atoms. The van der Waals surface area contributed by atoms with Crippen LogP contribution < -0.4 is 0 Å². The van der Waals surface area contributed by atoms with Gasteiger partial charge in [0.05, 0.1) is 19.7 Å². The Morgan fingerprint density at radius 1 is 1.30 bits per heavy atom. The lowest BCUT2D eigenvalue weighted by Gasteiger charge is -2.18. The van der Waals surface area contributed by atoms with Gasteiger partial charge in [-0.1, -0.05) is 17.3 Å². The summed E-state index contributed by atoms with van der Waals surface area (Å²) in [5, 5.41) is 13.8. The highest BCUT2D eigenvalue weighted by Gasteiger charge is 2.24. The summed E-state index contributed by atoms with van der Waals surface area (Å²) < 4.78 is 0. The highest BCUT2D eigenvalue weighted by molar-refractivity contribution is 4.77. The molecule has 5 heteroatoms. The third-order valence-corrected chi connectivity index (χ3v) is 1.27. The standard InChI is InChI=1S/C5H10N2O3/c1-5(4-8,2-6-9)3-7-10/h8H,2-4H2,1H3. The molecule has 0 aromatic heterocycles. The second-order valence-corrected chi connectivity index (χ2v) is 2.54. The molecule has 1 N–H and O–H groups in total. The molecule has 0 saturated heterocycles. The summed E-state index contributed by atoms with van der Waals surface area (Å²) in [6.07, 6.45) is 0. The molecule has 0 heterocycles. The van der Waals surface area contributed by atoms with Gasteiger partial charge >= 0.3 is 0 Å². The molecule has 0 aliphatic carbocycles. The molecule has 0 aromatic rings. The van der Waals surface area contributed by atoms with Crippen molar-refractivity contribution >= 4 is 0 Å². The van der Waals surface area contributed by atoms with E-state index in [1.54, 1.807) is 6.92 Å². The maximum atomic E-state index is 9.75. The Bertz CT molecular complexity index is 116. The molecule has 58 valence electrons. The molecule has 0 fully saturated rings. The van der Waals surface area contributed by atoms with Gasteiger partial charge in [0.25, 0.3) is 0 Å². The maximum absolute atomic E-state index is 9.75. The number of aliphatic hydroxyl groups is 1. The topological polar surface area (TPSA) is 79.1 Å². The van der Waals surface area contributed by atoms with Crippen LogP contribution in [0.5, 0.6) is 0 Å². The Labute approximate surface area is 58.4 Å². The minimum absolute atomic E-state index is 0.0742. The largest absolute Gasteiger partial charge is 0.396 e. The van der Waals surface area contributed by atoms with Crippen molar-refractivity contribution in [2.45, 2.75) is 6.92 Å². The van der Waals surface area contributed by atoms with Crippen molar-refractivity contribution in [1.82, 2.24) is 0 Å². The Hall–Kier alpha value is -0.840. The predicted octanol–water partition coefficient (Wildman–Crippen LogP) is 0.518. The van der Waals surface area contributed by atoms with E-state index in [1.807, 2.05) is 0 Å². The lowest BCUT2D eigenvalue weighted by Crippen LogP contribution is -2.28. The zero-order valence-electron chi connectivity index (χ0n) is 5.78. The van der Waals surface area contributed by atoms with Crippen molar-refractivity contribution in [1.29, 1.82) is 0 Å². The van der Waals surface area contributed by atoms with Crippen LogP contribution in [0.15, 0.2) is 10.4 Å². The average molecular weight is 146 g/mol. The number of nitrogens with zero attached hydrogens (tertiary/aromatic N) is 2. The zero-order valence-corrected chi connectivity index (χ0v) is 5.78. The first kappa shape index (κ1) is 9.16. The molecule has 0 atom stereocenters. The fourth-order valence-corrected chi connectivity index (χ4v) is 0.462. The van der Waals surface area contributed by atoms with Crippen LogP contribution in [0.3, 0.4) is 0 Å². The Morgan fingerprint density at radius 2 is 1.70 bits per heavy atom. The molecule has 0 aliphatic rings. The molecule has 0 unspecified atom stereocenters. The fourth-order valence-electron chi connectivity index (χ4n) is 0.462. The molecular formula is C5H10N2O3. The average Bonchev–Trinajstić information content (AvgIpc) is 1.89. The summed E-state index contributed by atoms with van der Waals surface area (Å²) in [6.45, 7) is 1.19. The summed E-state index contributed by atoms with van der Waals surface area (Å²) >= 11 is 0. The first-order valence-electron chi connectivity index (χ1n) is 2.87.